The molecule has 150 valence electrons. The quantitative estimate of drug-likeness (QED) is 0.626. The van der Waals surface area contributed by atoms with Gasteiger partial charge in [0.2, 0.25) is 5.91 Å². The molecular weight excluding hydrogens is 406 g/mol. The van der Waals surface area contributed by atoms with Crippen LogP contribution < -0.4 is 15.5 Å². The van der Waals surface area contributed by atoms with E-state index in [1.165, 1.54) is 18.3 Å². The highest BCUT2D eigenvalue weighted by Crippen LogP contribution is 2.31. The van der Waals surface area contributed by atoms with Gasteiger partial charge in [0.15, 0.2) is 5.13 Å². The fourth-order valence-corrected chi connectivity index (χ4v) is 4.87. The van der Waals surface area contributed by atoms with Crippen molar-refractivity contribution in [3.63, 3.8) is 0 Å². The van der Waals surface area contributed by atoms with Crippen LogP contribution in [-0.4, -0.2) is 34.9 Å². The van der Waals surface area contributed by atoms with Gasteiger partial charge in [0.05, 0.1) is 22.7 Å². The maximum absolute atomic E-state index is 12.8. The molecular formula is C20H21N5O2S2. The van der Waals surface area contributed by atoms with E-state index >= 15 is 0 Å². The Labute approximate surface area is 176 Å². The summed E-state index contributed by atoms with van der Waals surface area (Å²) in [5, 5.41) is 8.18. The van der Waals surface area contributed by atoms with E-state index in [-0.39, 0.29) is 11.8 Å². The normalized spacial score (nSPS) is 13.5. The summed E-state index contributed by atoms with van der Waals surface area (Å²) in [6.45, 7) is 3.87. The highest BCUT2D eigenvalue weighted by Gasteiger charge is 2.21. The van der Waals surface area contributed by atoms with Crippen LogP contribution in [0.25, 0.3) is 10.6 Å². The molecule has 4 heterocycles. The lowest BCUT2D eigenvalue weighted by Crippen LogP contribution is -2.24. The molecule has 0 bridgehead atoms. The molecule has 2 N–H and O–H groups in total. The Hall–Kier alpha value is -2.78. The minimum Gasteiger partial charge on any atom is -0.356 e. The van der Waals surface area contributed by atoms with Crippen molar-refractivity contribution in [3.05, 3.63) is 46.3 Å². The number of nitrogens with one attached hydrogen (secondary N) is 2. The number of anilines is 2. The van der Waals surface area contributed by atoms with Gasteiger partial charge in [0, 0.05) is 36.5 Å². The maximum atomic E-state index is 12.8. The van der Waals surface area contributed by atoms with Crippen molar-refractivity contribution in [2.45, 2.75) is 26.3 Å². The van der Waals surface area contributed by atoms with Crippen molar-refractivity contribution in [2.24, 2.45) is 0 Å². The predicted molar refractivity (Wildman–Crippen MR) is 117 cm³/mol. The van der Waals surface area contributed by atoms with Gasteiger partial charge < -0.3 is 10.2 Å². The highest BCUT2D eigenvalue weighted by molar-refractivity contribution is 7.17. The second-order valence-electron chi connectivity index (χ2n) is 6.74. The number of thiazole rings is 1. The fraction of sp³-hybridized carbons (Fsp3) is 0.300. The third-order valence-corrected chi connectivity index (χ3v) is 6.45. The average molecular weight is 428 g/mol. The van der Waals surface area contributed by atoms with E-state index in [0.29, 0.717) is 17.2 Å². The van der Waals surface area contributed by atoms with Gasteiger partial charge in [-0.3, -0.25) is 14.9 Å². The largest absolute Gasteiger partial charge is 0.356 e. The molecule has 7 nitrogen and oxygen atoms in total. The minimum atomic E-state index is -0.196. The van der Waals surface area contributed by atoms with E-state index in [0.717, 1.165) is 47.2 Å². The van der Waals surface area contributed by atoms with Crippen molar-refractivity contribution in [3.8, 4) is 10.6 Å². The third-order valence-electron chi connectivity index (χ3n) is 4.59. The van der Waals surface area contributed by atoms with Crippen molar-refractivity contribution >= 4 is 45.4 Å². The Morgan fingerprint density at radius 2 is 2.03 bits per heavy atom. The summed E-state index contributed by atoms with van der Waals surface area (Å²) in [6, 6.07) is 7.54. The molecule has 1 saturated heterocycles. The number of nitrogens with zero attached hydrogens (tertiary/aromatic N) is 3. The molecule has 1 fully saturated rings. The van der Waals surface area contributed by atoms with Gasteiger partial charge in [-0.2, -0.15) is 0 Å². The molecule has 0 radical (unpaired) electrons. The first-order valence-electron chi connectivity index (χ1n) is 9.40. The van der Waals surface area contributed by atoms with E-state index in [1.54, 1.807) is 29.7 Å². The van der Waals surface area contributed by atoms with Crippen LogP contribution >= 0.6 is 22.7 Å². The molecule has 3 aromatic rings. The highest BCUT2D eigenvalue weighted by atomic mass is 32.1. The van der Waals surface area contributed by atoms with E-state index in [1.807, 2.05) is 17.5 Å². The molecule has 0 saturated carbocycles. The van der Waals surface area contributed by atoms with Crippen LogP contribution in [0, 0.1) is 0 Å². The maximum Gasteiger partial charge on any atom is 0.261 e. The lowest BCUT2D eigenvalue weighted by molar-refractivity contribution is -0.119. The number of hydrogen-bond acceptors (Lipinski definition) is 7. The Bertz CT molecular complexity index is 1020. The van der Waals surface area contributed by atoms with Crippen molar-refractivity contribution in [1.29, 1.82) is 0 Å². The second kappa shape index (κ2) is 8.71. The first-order valence-corrected chi connectivity index (χ1v) is 11.1. The Balaban J connectivity index is 1.46. The minimum absolute atomic E-state index is 0.0534. The summed E-state index contributed by atoms with van der Waals surface area (Å²) in [5.41, 5.74) is 1.38. The van der Waals surface area contributed by atoms with Crippen LogP contribution in [0.3, 0.4) is 0 Å². The van der Waals surface area contributed by atoms with Crippen LogP contribution in [0.1, 0.15) is 35.0 Å². The van der Waals surface area contributed by atoms with Crippen molar-refractivity contribution in [2.75, 3.05) is 23.3 Å². The SMILES string of the molecule is CC(=O)NCc1ccc(-c2csc(NC(=O)c3cccnc3N3CCCC3)n2)s1. The van der Waals surface area contributed by atoms with Crippen molar-refractivity contribution in [1.82, 2.24) is 15.3 Å². The summed E-state index contributed by atoms with van der Waals surface area (Å²) in [5.74, 6) is 0.487. The summed E-state index contributed by atoms with van der Waals surface area (Å²) < 4.78 is 0. The van der Waals surface area contributed by atoms with Crippen molar-refractivity contribution < 1.29 is 9.59 Å². The molecule has 1 aliphatic heterocycles. The summed E-state index contributed by atoms with van der Waals surface area (Å²) in [7, 11) is 0. The van der Waals surface area contributed by atoms with E-state index in [4.69, 9.17) is 0 Å². The predicted octanol–water partition coefficient (Wildman–Crippen LogP) is 3.76. The van der Waals surface area contributed by atoms with Gasteiger partial charge in [-0.25, -0.2) is 9.97 Å². The lowest BCUT2D eigenvalue weighted by Gasteiger charge is -2.19. The zero-order valence-electron chi connectivity index (χ0n) is 16.0. The molecule has 0 aliphatic carbocycles. The number of carbonyl (C=O) groups is 2. The molecule has 1 aliphatic rings. The third kappa shape index (κ3) is 4.63. The average Bonchev–Trinajstić information content (AvgIpc) is 3.47. The fourth-order valence-electron chi connectivity index (χ4n) is 3.19. The number of aromatic nitrogens is 2. The first kappa shape index (κ1) is 19.5. The number of carbonyl (C=O) groups excluding carboxylic acids is 2. The standard InChI is InChI=1S/C20H21N5O2S2/c1-13(26)22-11-14-6-7-17(29-14)16-12-28-20(23-16)24-19(27)15-5-4-8-21-18(15)25-9-2-3-10-25/h4-8,12H,2-3,9-11H2,1H3,(H,22,26)(H,23,24,27). The smallest absolute Gasteiger partial charge is 0.261 e. The molecule has 9 heteroatoms. The molecule has 0 aromatic carbocycles. The van der Waals surface area contributed by atoms with E-state index in [9.17, 15) is 9.59 Å². The Kier molecular flexibility index (Phi) is 5.86. The van der Waals surface area contributed by atoms with Gasteiger partial charge >= 0.3 is 0 Å². The molecule has 0 spiro atoms. The first-order chi connectivity index (χ1) is 14.1. The number of rotatable bonds is 6. The topological polar surface area (TPSA) is 87.2 Å². The lowest BCUT2D eigenvalue weighted by atomic mass is 10.2. The molecule has 2 amide bonds. The van der Waals surface area contributed by atoms with Gasteiger partial charge in [-0.15, -0.1) is 22.7 Å². The zero-order chi connectivity index (χ0) is 20.2. The van der Waals surface area contributed by atoms with E-state index in [2.05, 4.69) is 25.5 Å². The van der Waals surface area contributed by atoms with Crippen LogP contribution in [0.4, 0.5) is 10.9 Å². The molecule has 0 atom stereocenters. The van der Waals surface area contributed by atoms with Crippen LogP contribution in [0.15, 0.2) is 35.8 Å². The zero-order valence-corrected chi connectivity index (χ0v) is 17.6. The number of hydrogen-bond donors (Lipinski definition) is 2. The van der Waals surface area contributed by atoms with Gasteiger partial charge in [0.1, 0.15) is 5.82 Å². The molecule has 29 heavy (non-hydrogen) atoms. The summed E-state index contributed by atoms with van der Waals surface area (Å²) in [4.78, 5) is 37.1. The van der Waals surface area contributed by atoms with Gasteiger partial charge in [-0.05, 0) is 37.1 Å². The molecule has 3 aromatic heterocycles. The van der Waals surface area contributed by atoms with Crippen LogP contribution in [-0.2, 0) is 11.3 Å². The molecule has 0 unspecified atom stereocenters. The number of thiophene rings is 1. The second-order valence-corrected chi connectivity index (χ2v) is 8.76. The summed E-state index contributed by atoms with van der Waals surface area (Å²) >= 11 is 2.97. The molecule has 4 rings (SSSR count). The summed E-state index contributed by atoms with van der Waals surface area (Å²) in [6.07, 6.45) is 3.97. The number of amides is 2. The van der Waals surface area contributed by atoms with E-state index < -0.39 is 0 Å². The van der Waals surface area contributed by atoms with Crippen LogP contribution in [0.5, 0.6) is 0 Å². The Morgan fingerprint density at radius 1 is 1.21 bits per heavy atom. The van der Waals surface area contributed by atoms with Crippen LogP contribution in [0.2, 0.25) is 0 Å². The van der Waals surface area contributed by atoms with Gasteiger partial charge in [0.25, 0.3) is 5.91 Å². The Morgan fingerprint density at radius 3 is 2.83 bits per heavy atom. The van der Waals surface area contributed by atoms with Gasteiger partial charge in [-0.1, -0.05) is 0 Å². The monoisotopic (exact) mass is 427 g/mol. The number of pyridine rings is 1.